The first-order valence-corrected chi connectivity index (χ1v) is 11.4. The molecule has 1 aromatic carbocycles. The minimum absolute atomic E-state index is 0.0778. The Morgan fingerprint density at radius 3 is 2.83 bits per heavy atom. The number of hydrogen-bond acceptors (Lipinski definition) is 6. The van der Waals surface area contributed by atoms with Crippen LogP contribution < -0.4 is 4.90 Å². The van der Waals surface area contributed by atoms with Crippen molar-refractivity contribution in [2.75, 3.05) is 23.7 Å². The minimum atomic E-state index is -3.43. The van der Waals surface area contributed by atoms with Gasteiger partial charge in [-0.25, -0.2) is 13.4 Å². The quantitative estimate of drug-likeness (QED) is 0.687. The molecule has 2 aromatic rings. The fraction of sp³-hybridized carbons (Fsp3) is 0.150. The lowest BCUT2D eigenvalue weighted by Crippen LogP contribution is -2.39. The monoisotopic (exact) mass is 426 g/mol. The van der Waals surface area contributed by atoms with Crippen LogP contribution in [-0.2, 0) is 14.8 Å². The fourth-order valence-corrected chi connectivity index (χ4v) is 4.80. The molecule has 0 saturated heterocycles. The molecule has 1 amide bonds. The molecule has 0 radical (unpaired) electrons. The van der Waals surface area contributed by atoms with Gasteiger partial charge in [0.25, 0.3) is 15.9 Å². The number of anilines is 1. The van der Waals surface area contributed by atoms with Crippen LogP contribution in [0.5, 0.6) is 0 Å². The Labute approximate surface area is 173 Å². The van der Waals surface area contributed by atoms with Crippen molar-refractivity contribution in [3.05, 3.63) is 72.3 Å². The Bertz CT molecular complexity index is 1150. The zero-order valence-corrected chi connectivity index (χ0v) is 17.1. The number of amides is 1. The molecule has 4 rings (SSSR count). The van der Waals surface area contributed by atoms with Crippen LogP contribution in [0.1, 0.15) is 0 Å². The van der Waals surface area contributed by atoms with Crippen molar-refractivity contribution in [3.8, 4) is 11.3 Å². The van der Waals surface area contributed by atoms with Crippen molar-refractivity contribution in [1.29, 1.82) is 0 Å². The third kappa shape index (κ3) is 4.06. The number of thiazole rings is 1. The first-order valence-electron chi connectivity index (χ1n) is 8.90. The molecule has 0 unspecified atom stereocenters. The van der Waals surface area contributed by atoms with E-state index in [0.717, 1.165) is 11.3 Å². The average Bonchev–Trinajstić information content (AvgIpc) is 3.21. The number of nitrogens with zero attached hydrogens (tertiary/aromatic N) is 4. The maximum Gasteiger partial charge on any atom is 0.261 e. The summed E-state index contributed by atoms with van der Waals surface area (Å²) in [6.07, 6.45) is 6.42. The van der Waals surface area contributed by atoms with Gasteiger partial charge < -0.3 is 4.90 Å². The molecule has 0 bridgehead atoms. The van der Waals surface area contributed by atoms with Crippen molar-refractivity contribution in [1.82, 2.24) is 9.88 Å². The Hall–Kier alpha value is -3.04. The lowest BCUT2D eigenvalue weighted by molar-refractivity contribution is -0.114. The van der Waals surface area contributed by atoms with Gasteiger partial charge in [0.2, 0.25) is 0 Å². The summed E-state index contributed by atoms with van der Waals surface area (Å²) in [5, 5.41) is 2.49. The van der Waals surface area contributed by atoms with E-state index in [1.807, 2.05) is 35.7 Å². The van der Waals surface area contributed by atoms with Gasteiger partial charge in [0.05, 0.1) is 17.0 Å². The second-order valence-corrected chi connectivity index (χ2v) is 9.02. The lowest BCUT2D eigenvalue weighted by atomic mass is 10.1. The Morgan fingerprint density at radius 1 is 1.28 bits per heavy atom. The van der Waals surface area contributed by atoms with E-state index in [0.29, 0.717) is 23.1 Å². The summed E-state index contributed by atoms with van der Waals surface area (Å²) in [5.41, 5.74) is 2.21. The first-order chi connectivity index (χ1) is 14.0. The van der Waals surface area contributed by atoms with E-state index < -0.39 is 10.0 Å². The summed E-state index contributed by atoms with van der Waals surface area (Å²) in [5.74, 6) is 0.0114. The largest absolute Gasteiger partial charge is 0.330 e. The Kier molecular flexibility index (Phi) is 5.16. The number of sulfonamides is 1. The van der Waals surface area contributed by atoms with Crippen LogP contribution >= 0.6 is 11.3 Å². The highest BCUT2D eigenvalue weighted by molar-refractivity contribution is 7.90. The van der Waals surface area contributed by atoms with Gasteiger partial charge in [-0.15, -0.1) is 22.3 Å². The molecule has 3 heterocycles. The third-order valence-corrected chi connectivity index (χ3v) is 6.45. The highest BCUT2D eigenvalue weighted by Gasteiger charge is 2.27. The second-order valence-electron chi connectivity index (χ2n) is 6.43. The second kappa shape index (κ2) is 7.76. The molecule has 2 aliphatic heterocycles. The van der Waals surface area contributed by atoms with E-state index in [9.17, 15) is 13.2 Å². The van der Waals surface area contributed by atoms with E-state index >= 15 is 0 Å². The van der Waals surface area contributed by atoms with Gasteiger partial charge in [-0.3, -0.25) is 9.69 Å². The van der Waals surface area contributed by atoms with E-state index in [-0.39, 0.29) is 18.2 Å². The molecule has 29 heavy (non-hydrogen) atoms. The molecule has 0 N–H and O–H groups in total. The van der Waals surface area contributed by atoms with Gasteiger partial charge in [-0.1, -0.05) is 36.4 Å². The predicted octanol–water partition coefficient (Wildman–Crippen LogP) is 2.83. The van der Waals surface area contributed by atoms with Crippen LogP contribution in [0.25, 0.3) is 11.3 Å². The van der Waals surface area contributed by atoms with Crippen molar-refractivity contribution >= 4 is 38.2 Å². The summed E-state index contributed by atoms with van der Waals surface area (Å²) >= 11 is 1.39. The summed E-state index contributed by atoms with van der Waals surface area (Å²) in [6, 6.07) is 9.76. The van der Waals surface area contributed by atoms with Crippen LogP contribution in [0, 0.1) is 0 Å². The Balaban J connectivity index is 1.61. The van der Waals surface area contributed by atoms with Crippen molar-refractivity contribution in [2.45, 2.75) is 0 Å². The number of carbonyl (C=O) groups excluding carboxylic acids is 1. The van der Waals surface area contributed by atoms with Crippen molar-refractivity contribution < 1.29 is 13.2 Å². The predicted molar refractivity (Wildman–Crippen MR) is 115 cm³/mol. The van der Waals surface area contributed by atoms with E-state index in [1.54, 1.807) is 34.2 Å². The summed E-state index contributed by atoms with van der Waals surface area (Å²) in [4.78, 5) is 21.0. The lowest BCUT2D eigenvalue weighted by Gasteiger charge is -2.28. The number of rotatable bonds is 5. The zero-order valence-electron chi connectivity index (χ0n) is 15.4. The molecule has 2 aliphatic rings. The maximum absolute atomic E-state index is 13.2. The molecular weight excluding hydrogens is 408 g/mol. The van der Waals surface area contributed by atoms with E-state index in [2.05, 4.69) is 16.0 Å². The molecule has 7 nitrogen and oxygen atoms in total. The van der Waals surface area contributed by atoms with Gasteiger partial charge in [-0.2, -0.15) is 0 Å². The van der Waals surface area contributed by atoms with Crippen LogP contribution in [0.3, 0.4) is 0 Å². The van der Waals surface area contributed by atoms with Gasteiger partial charge in [0, 0.05) is 30.2 Å². The number of aromatic nitrogens is 1. The average molecular weight is 427 g/mol. The van der Waals surface area contributed by atoms with Crippen LogP contribution in [0.4, 0.5) is 5.13 Å². The smallest absolute Gasteiger partial charge is 0.261 e. The molecule has 0 aliphatic carbocycles. The zero-order chi connectivity index (χ0) is 20.4. The van der Waals surface area contributed by atoms with Gasteiger partial charge in [0.15, 0.2) is 5.13 Å². The van der Waals surface area contributed by atoms with Crippen LogP contribution in [-0.4, -0.2) is 48.9 Å². The normalized spacial score (nSPS) is 17.2. The number of carbonyl (C=O) groups is 1. The van der Waals surface area contributed by atoms with Gasteiger partial charge in [0.1, 0.15) is 5.84 Å². The molecular formula is C20H18N4O3S2. The standard InChI is InChI=1S/C20H18N4O3S2/c1-2-10-24(20-21-17(14-28-20)15-6-4-3-5-7-15)19(25)16-8-9-18-22-29(26,27)12-11-23(18)13-16/h2-9,13-14H,1,10-12H2. The van der Waals surface area contributed by atoms with E-state index in [1.165, 1.54) is 11.3 Å². The summed E-state index contributed by atoms with van der Waals surface area (Å²) in [6.45, 7) is 4.32. The molecule has 9 heteroatoms. The number of hydrogen-bond donors (Lipinski definition) is 0. The van der Waals surface area contributed by atoms with Crippen LogP contribution in [0.2, 0.25) is 0 Å². The van der Waals surface area contributed by atoms with Crippen LogP contribution in [0.15, 0.2) is 76.7 Å². The number of amidine groups is 1. The molecule has 0 saturated carbocycles. The third-order valence-electron chi connectivity index (χ3n) is 4.42. The maximum atomic E-state index is 13.2. The molecule has 0 atom stereocenters. The summed E-state index contributed by atoms with van der Waals surface area (Å²) in [7, 11) is -3.43. The minimum Gasteiger partial charge on any atom is -0.330 e. The number of fused-ring (bicyclic) bond motifs is 1. The fourth-order valence-electron chi connectivity index (χ4n) is 2.99. The highest BCUT2D eigenvalue weighted by Crippen LogP contribution is 2.29. The van der Waals surface area contributed by atoms with Gasteiger partial charge in [-0.05, 0) is 12.2 Å². The molecule has 0 fully saturated rings. The van der Waals surface area contributed by atoms with Crippen molar-refractivity contribution in [2.24, 2.45) is 4.40 Å². The topological polar surface area (TPSA) is 82.9 Å². The van der Waals surface area contributed by atoms with E-state index in [4.69, 9.17) is 0 Å². The molecule has 148 valence electrons. The van der Waals surface area contributed by atoms with Crippen molar-refractivity contribution in [3.63, 3.8) is 0 Å². The molecule has 1 aromatic heterocycles. The Morgan fingerprint density at radius 2 is 2.07 bits per heavy atom. The molecule has 0 spiro atoms. The first kappa shape index (κ1) is 19.3. The SMILES string of the molecule is C=CCN(C(=O)C1=CN2CCS(=O)(=O)N=C2C=C1)c1nc(-c2ccccc2)cs1. The number of benzene rings is 1. The van der Waals surface area contributed by atoms with Gasteiger partial charge >= 0.3 is 0 Å². The highest BCUT2D eigenvalue weighted by atomic mass is 32.2. The summed E-state index contributed by atoms with van der Waals surface area (Å²) < 4.78 is 27.1.